The fraction of sp³-hybridized carbons (Fsp3) is 0.212. The van der Waals surface area contributed by atoms with Crippen LogP contribution in [0.4, 0.5) is 0 Å². The SMILES string of the molecule is CCC(C)c1cc2ccccc2c(-c2c(O)c(-c3ccc(C(C)C)cc3)cc3ccccc23)c1O. The first kappa shape index (κ1) is 23.0. The second kappa shape index (κ2) is 9.11. The molecule has 0 aromatic heterocycles. The maximum atomic E-state index is 11.8. The van der Waals surface area contributed by atoms with Crippen molar-refractivity contribution in [3.63, 3.8) is 0 Å². The fourth-order valence-corrected chi connectivity index (χ4v) is 5.06. The number of benzene rings is 5. The zero-order valence-corrected chi connectivity index (χ0v) is 20.8. The van der Waals surface area contributed by atoms with E-state index in [0.29, 0.717) is 17.0 Å². The molecule has 0 fully saturated rings. The average Bonchev–Trinajstić information content (AvgIpc) is 2.88. The lowest BCUT2D eigenvalue weighted by molar-refractivity contribution is 0.461. The minimum Gasteiger partial charge on any atom is -0.507 e. The maximum absolute atomic E-state index is 11.8. The molecule has 0 saturated heterocycles. The summed E-state index contributed by atoms with van der Waals surface area (Å²) >= 11 is 0. The second-order valence-corrected chi connectivity index (χ2v) is 9.87. The van der Waals surface area contributed by atoms with E-state index in [1.54, 1.807) is 0 Å². The molecule has 0 aliphatic carbocycles. The van der Waals surface area contributed by atoms with Gasteiger partial charge in [-0.25, -0.2) is 0 Å². The van der Waals surface area contributed by atoms with Crippen LogP contribution in [-0.4, -0.2) is 10.2 Å². The molecular weight excluding hydrogens is 428 g/mol. The van der Waals surface area contributed by atoms with Crippen molar-refractivity contribution >= 4 is 21.5 Å². The van der Waals surface area contributed by atoms with Crippen LogP contribution in [0.15, 0.2) is 84.9 Å². The molecule has 0 amide bonds. The summed E-state index contributed by atoms with van der Waals surface area (Å²) in [5, 5.41) is 27.5. The Labute approximate surface area is 207 Å². The van der Waals surface area contributed by atoms with E-state index in [1.807, 2.05) is 36.4 Å². The Bertz CT molecular complexity index is 1530. The van der Waals surface area contributed by atoms with Gasteiger partial charge in [0.1, 0.15) is 11.5 Å². The molecule has 0 bridgehead atoms. The Balaban J connectivity index is 1.89. The van der Waals surface area contributed by atoms with E-state index in [9.17, 15) is 10.2 Å². The Morgan fingerprint density at radius 1 is 0.657 bits per heavy atom. The Morgan fingerprint density at radius 3 is 1.77 bits per heavy atom. The van der Waals surface area contributed by atoms with Crippen LogP contribution in [-0.2, 0) is 0 Å². The van der Waals surface area contributed by atoms with Gasteiger partial charge in [0.15, 0.2) is 0 Å². The van der Waals surface area contributed by atoms with Gasteiger partial charge < -0.3 is 10.2 Å². The predicted octanol–water partition coefficient (Wildman–Crippen LogP) is 9.38. The van der Waals surface area contributed by atoms with Crippen molar-refractivity contribution in [3.8, 4) is 33.8 Å². The smallest absolute Gasteiger partial charge is 0.132 e. The van der Waals surface area contributed by atoms with Crippen molar-refractivity contribution in [2.24, 2.45) is 0 Å². The molecular formula is C33H32O2. The molecule has 0 spiro atoms. The third-order valence-corrected chi connectivity index (χ3v) is 7.35. The molecule has 5 aromatic rings. The molecule has 0 aliphatic heterocycles. The fourth-order valence-electron chi connectivity index (χ4n) is 5.06. The van der Waals surface area contributed by atoms with Crippen LogP contribution in [0.1, 0.15) is 57.1 Å². The van der Waals surface area contributed by atoms with Gasteiger partial charge in [-0.15, -0.1) is 0 Å². The summed E-state index contributed by atoms with van der Waals surface area (Å²) < 4.78 is 0. The molecule has 0 heterocycles. The highest BCUT2D eigenvalue weighted by molar-refractivity contribution is 6.12. The van der Waals surface area contributed by atoms with Crippen molar-refractivity contribution in [3.05, 3.63) is 96.1 Å². The number of fused-ring (bicyclic) bond motifs is 2. The Hall–Kier alpha value is -3.78. The van der Waals surface area contributed by atoms with E-state index in [-0.39, 0.29) is 17.4 Å². The summed E-state index contributed by atoms with van der Waals surface area (Å²) in [6.45, 7) is 8.63. The summed E-state index contributed by atoms with van der Waals surface area (Å²) in [4.78, 5) is 0. The normalized spacial score (nSPS) is 12.5. The highest BCUT2D eigenvalue weighted by Crippen LogP contribution is 2.50. The summed E-state index contributed by atoms with van der Waals surface area (Å²) in [6, 6.07) is 28.8. The van der Waals surface area contributed by atoms with Crippen molar-refractivity contribution in [2.45, 2.75) is 46.0 Å². The third-order valence-electron chi connectivity index (χ3n) is 7.35. The van der Waals surface area contributed by atoms with E-state index in [0.717, 1.165) is 44.7 Å². The van der Waals surface area contributed by atoms with Gasteiger partial charge in [-0.2, -0.15) is 0 Å². The Kier molecular flexibility index (Phi) is 5.98. The lowest BCUT2D eigenvalue weighted by Gasteiger charge is -2.21. The van der Waals surface area contributed by atoms with Crippen molar-refractivity contribution < 1.29 is 10.2 Å². The minimum absolute atomic E-state index is 0.193. The van der Waals surface area contributed by atoms with E-state index >= 15 is 0 Å². The molecule has 2 nitrogen and oxygen atoms in total. The summed E-state index contributed by atoms with van der Waals surface area (Å²) in [5.74, 6) is 1.09. The van der Waals surface area contributed by atoms with Gasteiger partial charge in [0.2, 0.25) is 0 Å². The topological polar surface area (TPSA) is 40.5 Å². The van der Waals surface area contributed by atoms with Crippen LogP contribution in [0.25, 0.3) is 43.8 Å². The number of phenolic OH excluding ortho intramolecular Hbond substituents is 2. The Morgan fingerprint density at radius 2 is 1.20 bits per heavy atom. The molecule has 176 valence electrons. The van der Waals surface area contributed by atoms with Crippen LogP contribution in [0, 0.1) is 0 Å². The molecule has 0 aliphatic rings. The predicted molar refractivity (Wildman–Crippen MR) is 148 cm³/mol. The van der Waals surface area contributed by atoms with Gasteiger partial charge in [-0.3, -0.25) is 0 Å². The van der Waals surface area contributed by atoms with E-state index in [1.165, 1.54) is 5.56 Å². The third kappa shape index (κ3) is 3.93. The van der Waals surface area contributed by atoms with Gasteiger partial charge >= 0.3 is 0 Å². The van der Waals surface area contributed by atoms with Gasteiger partial charge in [0.25, 0.3) is 0 Å². The number of aromatic hydroxyl groups is 2. The standard InChI is InChI=1S/C33H32O2/c1-5-21(4)28-18-24-10-6-8-12-26(24)30(32(28)34)31-27-13-9-7-11-25(27)19-29(33(31)35)23-16-14-22(15-17-23)20(2)3/h6-21,34-35H,5H2,1-4H3. The van der Waals surface area contributed by atoms with Crippen LogP contribution >= 0.6 is 0 Å². The van der Waals surface area contributed by atoms with Gasteiger partial charge in [-0.05, 0) is 68.6 Å². The second-order valence-electron chi connectivity index (χ2n) is 9.87. The van der Waals surface area contributed by atoms with Crippen LogP contribution in [0.5, 0.6) is 11.5 Å². The first-order valence-corrected chi connectivity index (χ1v) is 12.5. The lowest BCUT2D eigenvalue weighted by Crippen LogP contribution is -1.97. The monoisotopic (exact) mass is 460 g/mol. The molecule has 0 radical (unpaired) electrons. The molecule has 35 heavy (non-hydrogen) atoms. The number of rotatable bonds is 5. The number of hydrogen-bond acceptors (Lipinski definition) is 2. The van der Waals surface area contributed by atoms with Gasteiger partial charge in [0, 0.05) is 16.7 Å². The maximum Gasteiger partial charge on any atom is 0.132 e. The number of hydrogen-bond donors (Lipinski definition) is 2. The molecule has 5 rings (SSSR count). The van der Waals surface area contributed by atoms with Crippen molar-refractivity contribution in [2.75, 3.05) is 0 Å². The summed E-state index contributed by atoms with van der Waals surface area (Å²) in [5.41, 5.74) is 5.29. The summed E-state index contributed by atoms with van der Waals surface area (Å²) in [7, 11) is 0. The van der Waals surface area contributed by atoms with E-state index in [2.05, 4.69) is 76.2 Å². The molecule has 2 heteroatoms. The molecule has 1 unspecified atom stereocenters. The molecule has 2 N–H and O–H groups in total. The van der Waals surface area contributed by atoms with E-state index in [4.69, 9.17) is 0 Å². The van der Waals surface area contributed by atoms with Crippen LogP contribution < -0.4 is 0 Å². The quantitative estimate of drug-likeness (QED) is 0.274. The highest BCUT2D eigenvalue weighted by Gasteiger charge is 2.23. The van der Waals surface area contributed by atoms with E-state index < -0.39 is 0 Å². The summed E-state index contributed by atoms with van der Waals surface area (Å²) in [6.07, 6.45) is 0.917. The highest BCUT2D eigenvalue weighted by atomic mass is 16.3. The van der Waals surface area contributed by atoms with Crippen LogP contribution in [0.2, 0.25) is 0 Å². The molecule has 1 atom stereocenters. The minimum atomic E-state index is 0.193. The molecule has 0 saturated carbocycles. The van der Waals surface area contributed by atoms with Gasteiger partial charge in [-0.1, -0.05) is 100 Å². The lowest BCUT2D eigenvalue weighted by atomic mass is 9.85. The van der Waals surface area contributed by atoms with Crippen molar-refractivity contribution in [1.82, 2.24) is 0 Å². The molecule has 5 aromatic carbocycles. The van der Waals surface area contributed by atoms with Crippen LogP contribution in [0.3, 0.4) is 0 Å². The largest absolute Gasteiger partial charge is 0.507 e. The zero-order valence-electron chi connectivity index (χ0n) is 20.8. The number of phenols is 2. The van der Waals surface area contributed by atoms with Gasteiger partial charge in [0.05, 0.1) is 0 Å². The zero-order chi connectivity index (χ0) is 24.7. The first-order chi connectivity index (χ1) is 16.9. The van der Waals surface area contributed by atoms with Crippen molar-refractivity contribution in [1.29, 1.82) is 0 Å². The average molecular weight is 461 g/mol. The first-order valence-electron chi connectivity index (χ1n) is 12.5.